The van der Waals surface area contributed by atoms with Gasteiger partial charge in [0, 0.05) is 12.1 Å². The van der Waals surface area contributed by atoms with Crippen molar-refractivity contribution in [2.75, 3.05) is 0 Å². The SMILES string of the molecule is CC(C)c1ccc(CNC(C)(C)C(C)(C)O)cc1. The molecule has 2 N–H and O–H groups in total. The number of aliphatic hydroxyl groups is 1. The highest BCUT2D eigenvalue weighted by molar-refractivity contribution is 5.24. The van der Waals surface area contributed by atoms with Gasteiger partial charge < -0.3 is 10.4 Å². The van der Waals surface area contributed by atoms with Crippen molar-refractivity contribution < 1.29 is 5.11 Å². The van der Waals surface area contributed by atoms with Crippen LogP contribution in [0.5, 0.6) is 0 Å². The average Bonchev–Trinajstić information content (AvgIpc) is 2.25. The quantitative estimate of drug-likeness (QED) is 0.837. The van der Waals surface area contributed by atoms with E-state index in [-0.39, 0.29) is 5.54 Å². The Morgan fingerprint density at radius 2 is 1.56 bits per heavy atom. The minimum absolute atomic E-state index is 0.316. The normalized spacial score (nSPS) is 13.1. The standard InChI is InChI=1S/C16H27NO/c1-12(2)14-9-7-13(8-10-14)11-17-15(3,4)16(5,6)18/h7-10,12,17-18H,11H2,1-6H3. The van der Waals surface area contributed by atoms with E-state index in [9.17, 15) is 5.11 Å². The minimum atomic E-state index is -0.745. The Labute approximate surface area is 111 Å². The third-order valence-corrected chi connectivity index (χ3v) is 3.91. The third kappa shape index (κ3) is 3.82. The molecule has 102 valence electrons. The lowest BCUT2D eigenvalue weighted by Crippen LogP contribution is -2.55. The molecule has 0 bridgehead atoms. The van der Waals surface area contributed by atoms with Crippen molar-refractivity contribution in [2.45, 2.75) is 65.1 Å². The second-order valence-electron chi connectivity index (χ2n) is 6.43. The maximum atomic E-state index is 10.1. The number of benzene rings is 1. The van der Waals surface area contributed by atoms with Gasteiger partial charge in [-0.2, -0.15) is 0 Å². The van der Waals surface area contributed by atoms with Crippen LogP contribution >= 0.6 is 0 Å². The molecule has 0 unspecified atom stereocenters. The summed E-state index contributed by atoms with van der Waals surface area (Å²) in [6, 6.07) is 8.67. The molecule has 0 aliphatic heterocycles. The molecule has 18 heavy (non-hydrogen) atoms. The van der Waals surface area contributed by atoms with Gasteiger partial charge in [-0.3, -0.25) is 0 Å². The maximum absolute atomic E-state index is 10.1. The van der Waals surface area contributed by atoms with Crippen LogP contribution in [0, 0.1) is 0 Å². The van der Waals surface area contributed by atoms with Crippen LogP contribution < -0.4 is 5.32 Å². The van der Waals surface area contributed by atoms with E-state index in [1.165, 1.54) is 11.1 Å². The van der Waals surface area contributed by atoms with E-state index >= 15 is 0 Å². The maximum Gasteiger partial charge on any atom is 0.0767 e. The molecule has 0 aliphatic carbocycles. The van der Waals surface area contributed by atoms with E-state index in [2.05, 4.69) is 43.4 Å². The van der Waals surface area contributed by atoms with Crippen molar-refractivity contribution in [3.05, 3.63) is 35.4 Å². The highest BCUT2D eigenvalue weighted by atomic mass is 16.3. The molecule has 2 nitrogen and oxygen atoms in total. The lowest BCUT2D eigenvalue weighted by Gasteiger charge is -2.38. The zero-order valence-electron chi connectivity index (χ0n) is 12.5. The first-order chi connectivity index (χ1) is 8.13. The summed E-state index contributed by atoms with van der Waals surface area (Å²) in [5.74, 6) is 0.569. The third-order valence-electron chi connectivity index (χ3n) is 3.91. The van der Waals surface area contributed by atoms with Gasteiger partial charge in [-0.25, -0.2) is 0 Å². The molecule has 1 aromatic carbocycles. The largest absolute Gasteiger partial charge is 0.389 e. The predicted molar refractivity (Wildman–Crippen MR) is 77.7 cm³/mol. The molecule has 0 saturated carbocycles. The van der Waals surface area contributed by atoms with Crippen LogP contribution in [0.25, 0.3) is 0 Å². The number of hydrogen-bond acceptors (Lipinski definition) is 2. The predicted octanol–water partition coefficient (Wildman–Crippen LogP) is 3.45. The Kier molecular flexibility index (Phi) is 4.57. The van der Waals surface area contributed by atoms with Crippen LogP contribution in [-0.2, 0) is 6.54 Å². The number of nitrogens with one attached hydrogen (secondary N) is 1. The molecule has 0 saturated heterocycles. The summed E-state index contributed by atoms with van der Waals surface area (Å²) >= 11 is 0. The van der Waals surface area contributed by atoms with Gasteiger partial charge in [0.25, 0.3) is 0 Å². The first-order valence-corrected chi connectivity index (χ1v) is 6.70. The summed E-state index contributed by atoms with van der Waals surface area (Å²) < 4.78 is 0. The van der Waals surface area contributed by atoms with Crippen LogP contribution in [0.1, 0.15) is 58.6 Å². The minimum Gasteiger partial charge on any atom is -0.389 e. The fourth-order valence-electron chi connectivity index (χ4n) is 1.56. The molecule has 0 amide bonds. The molecule has 0 aromatic heterocycles. The Morgan fingerprint density at radius 1 is 1.06 bits per heavy atom. The topological polar surface area (TPSA) is 32.3 Å². The van der Waals surface area contributed by atoms with E-state index in [0.29, 0.717) is 5.92 Å². The zero-order chi connectivity index (χ0) is 14.0. The molecular formula is C16H27NO. The van der Waals surface area contributed by atoms with Crippen molar-refractivity contribution in [1.29, 1.82) is 0 Å². The summed E-state index contributed by atoms with van der Waals surface area (Å²) in [4.78, 5) is 0. The van der Waals surface area contributed by atoms with Gasteiger partial charge in [-0.05, 0) is 44.7 Å². The summed E-state index contributed by atoms with van der Waals surface area (Å²) in [5, 5.41) is 13.5. The lowest BCUT2D eigenvalue weighted by molar-refractivity contribution is -0.00531. The van der Waals surface area contributed by atoms with E-state index in [4.69, 9.17) is 0 Å². The van der Waals surface area contributed by atoms with E-state index in [1.54, 1.807) is 0 Å². The smallest absolute Gasteiger partial charge is 0.0767 e. The molecule has 0 aliphatic rings. The lowest BCUT2D eigenvalue weighted by atomic mass is 9.86. The van der Waals surface area contributed by atoms with Crippen LogP contribution in [0.15, 0.2) is 24.3 Å². The Morgan fingerprint density at radius 3 is 1.94 bits per heavy atom. The second-order valence-corrected chi connectivity index (χ2v) is 6.43. The van der Waals surface area contributed by atoms with Crippen LogP contribution in [0.2, 0.25) is 0 Å². The van der Waals surface area contributed by atoms with Gasteiger partial charge in [-0.1, -0.05) is 38.1 Å². The van der Waals surface area contributed by atoms with Gasteiger partial charge in [-0.15, -0.1) is 0 Å². The summed E-state index contributed by atoms with van der Waals surface area (Å²) in [7, 11) is 0. The van der Waals surface area contributed by atoms with E-state index < -0.39 is 5.60 Å². The van der Waals surface area contributed by atoms with E-state index in [0.717, 1.165) is 6.54 Å². The molecule has 0 fully saturated rings. The molecule has 0 atom stereocenters. The Balaban J connectivity index is 2.64. The fraction of sp³-hybridized carbons (Fsp3) is 0.625. The van der Waals surface area contributed by atoms with E-state index in [1.807, 2.05) is 27.7 Å². The monoisotopic (exact) mass is 249 g/mol. The average molecular weight is 249 g/mol. The molecule has 0 spiro atoms. The summed E-state index contributed by atoms with van der Waals surface area (Å²) in [5.41, 5.74) is 1.55. The number of hydrogen-bond donors (Lipinski definition) is 2. The van der Waals surface area contributed by atoms with Crippen LogP contribution in [-0.4, -0.2) is 16.2 Å². The van der Waals surface area contributed by atoms with Crippen LogP contribution in [0.3, 0.4) is 0 Å². The van der Waals surface area contributed by atoms with Gasteiger partial charge in [0.2, 0.25) is 0 Å². The summed E-state index contributed by atoms with van der Waals surface area (Å²) in [6.07, 6.45) is 0. The molecule has 0 heterocycles. The van der Waals surface area contributed by atoms with Crippen molar-refractivity contribution in [2.24, 2.45) is 0 Å². The first kappa shape index (κ1) is 15.2. The Bertz CT molecular complexity index is 371. The first-order valence-electron chi connectivity index (χ1n) is 6.70. The summed E-state index contributed by atoms with van der Waals surface area (Å²) in [6.45, 7) is 12.9. The highest BCUT2D eigenvalue weighted by Crippen LogP contribution is 2.21. The van der Waals surface area contributed by atoms with Crippen molar-refractivity contribution in [3.8, 4) is 0 Å². The fourth-order valence-corrected chi connectivity index (χ4v) is 1.56. The highest BCUT2D eigenvalue weighted by Gasteiger charge is 2.34. The number of rotatable bonds is 5. The molecule has 0 radical (unpaired) electrons. The molecule has 1 rings (SSSR count). The van der Waals surface area contributed by atoms with Gasteiger partial charge in [0.05, 0.1) is 5.60 Å². The Hall–Kier alpha value is -0.860. The molecule has 2 heteroatoms. The van der Waals surface area contributed by atoms with Gasteiger partial charge in [0.1, 0.15) is 0 Å². The second kappa shape index (κ2) is 5.41. The molecular weight excluding hydrogens is 222 g/mol. The van der Waals surface area contributed by atoms with Crippen LogP contribution in [0.4, 0.5) is 0 Å². The van der Waals surface area contributed by atoms with Crippen molar-refractivity contribution in [3.63, 3.8) is 0 Å². The van der Waals surface area contributed by atoms with Crippen molar-refractivity contribution >= 4 is 0 Å². The van der Waals surface area contributed by atoms with Gasteiger partial charge in [0.15, 0.2) is 0 Å². The zero-order valence-corrected chi connectivity index (χ0v) is 12.5. The molecule has 1 aromatic rings. The van der Waals surface area contributed by atoms with Gasteiger partial charge >= 0.3 is 0 Å². The van der Waals surface area contributed by atoms with Crippen molar-refractivity contribution in [1.82, 2.24) is 5.32 Å².